The Balaban J connectivity index is 2.09. The molecule has 0 bridgehead atoms. The molecule has 0 saturated heterocycles. The largest absolute Gasteiger partial charge is 0.439 e. The number of ether oxygens (including phenoxy) is 2. The topological polar surface area (TPSA) is 70.3 Å². The van der Waals surface area contributed by atoms with E-state index < -0.39 is 0 Å². The Kier molecular flexibility index (Phi) is 5.51. The highest BCUT2D eigenvalue weighted by Crippen LogP contribution is 2.21. The smallest absolute Gasteiger partial charge is 0.224 e. The number of hydrogen-bond donors (Lipinski definition) is 1. The lowest BCUT2D eigenvalue weighted by molar-refractivity contribution is 0.128. The van der Waals surface area contributed by atoms with Crippen LogP contribution in [0.1, 0.15) is 31.7 Å². The lowest BCUT2D eigenvalue weighted by atomic mass is 10.1. The Morgan fingerprint density at radius 2 is 1.86 bits per heavy atom. The van der Waals surface area contributed by atoms with Crippen molar-refractivity contribution in [3.05, 3.63) is 41.7 Å². The highest BCUT2D eigenvalue weighted by Gasteiger charge is 2.05. The molecule has 0 spiro atoms. The number of hydrogen-bond acceptors (Lipinski definition) is 5. The number of rotatable bonds is 7. The molecular weight excluding hydrogens is 266 g/mol. The van der Waals surface area contributed by atoms with Crippen LogP contribution in [0.15, 0.2) is 30.3 Å². The van der Waals surface area contributed by atoms with Crippen molar-refractivity contribution in [2.75, 3.05) is 12.3 Å². The van der Waals surface area contributed by atoms with Crippen LogP contribution in [0.3, 0.4) is 0 Å². The number of benzene rings is 1. The average molecular weight is 287 g/mol. The Hall–Kier alpha value is -2.14. The summed E-state index contributed by atoms with van der Waals surface area (Å²) >= 11 is 0. The molecule has 5 heteroatoms. The summed E-state index contributed by atoms with van der Waals surface area (Å²) in [4.78, 5) is 8.40. The van der Waals surface area contributed by atoms with Gasteiger partial charge in [-0.05, 0) is 31.0 Å². The van der Waals surface area contributed by atoms with Crippen LogP contribution < -0.4 is 10.5 Å². The quantitative estimate of drug-likeness (QED) is 0.845. The van der Waals surface area contributed by atoms with Crippen LogP contribution in [0, 0.1) is 0 Å². The SMILES string of the molecule is CCCc1ccc(Oc2cc(N)nc(COCC)n2)cc1. The molecule has 2 aromatic rings. The Morgan fingerprint density at radius 3 is 2.52 bits per heavy atom. The van der Waals surface area contributed by atoms with Crippen LogP contribution in [-0.4, -0.2) is 16.6 Å². The third kappa shape index (κ3) is 4.72. The minimum Gasteiger partial charge on any atom is -0.439 e. The normalized spacial score (nSPS) is 10.6. The first-order valence-corrected chi connectivity index (χ1v) is 7.19. The van der Waals surface area contributed by atoms with Crippen LogP contribution in [-0.2, 0) is 17.8 Å². The Morgan fingerprint density at radius 1 is 1.10 bits per heavy atom. The highest BCUT2D eigenvalue weighted by atomic mass is 16.5. The Labute approximate surface area is 125 Å². The number of nitrogen functional groups attached to an aromatic ring is 1. The van der Waals surface area contributed by atoms with Gasteiger partial charge in [-0.1, -0.05) is 25.5 Å². The van der Waals surface area contributed by atoms with Crippen molar-refractivity contribution in [3.8, 4) is 11.6 Å². The van der Waals surface area contributed by atoms with Gasteiger partial charge in [0.05, 0.1) is 0 Å². The number of nitrogens with two attached hydrogens (primary N) is 1. The minimum absolute atomic E-state index is 0.327. The first kappa shape index (κ1) is 15.3. The van der Waals surface area contributed by atoms with Crippen LogP contribution in [0.25, 0.3) is 0 Å². The predicted molar refractivity (Wildman–Crippen MR) is 82.3 cm³/mol. The Bertz CT molecular complexity index is 570. The number of nitrogens with zero attached hydrogens (tertiary/aromatic N) is 2. The van der Waals surface area contributed by atoms with Crippen molar-refractivity contribution >= 4 is 5.82 Å². The van der Waals surface area contributed by atoms with Crippen molar-refractivity contribution in [2.24, 2.45) is 0 Å². The molecule has 0 radical (unpaired) electrons. The van der Waals surface area contributed by atoms with Gasteiger partial charge in [0.1, 0.15) is 18.2 Å². The molecule has 0 saturated carbocycles. The fourth-order valence-corrected chi connectivity index (χ4v) is 1.94. The summed E-state index contributed by atoms with van der Waals surface area (Å²) < 4.78 is 11.0. The summed E-state index contributed by atoms with van der Waals surface area (Å²) in [6.07, 6.45) is 2.20. The van der Waals surface area contributed by atoms with Gasteiger partial charge in [-0.25, -0.2) is 4.98 Å². The van der Waals surface area contributed by atoms with Gasteiger partial charge in [0.25, 0.3) is 0 Å². The fraction of sp³-hybridized carbons (Fsp3) is 0.375. The summed E-state index contributed by atoms with van der Waals surface area (Å²) in [5.74, 6) is 2.06. The predicted octanol–water partition coefficient (Wildman–Crippen LogP) is 3.34. The second-order valence-corrected chi connectivity index (χ2v) is 4.68. The van der Waals surface area contributed by atoms with Crippen molar-refractivity contribution in [1.82, 2.24) is 9.97 Å². The molecule has 1 heterocycles. The van der Waals surface area contributed by atoms with E-state index in [0.717, 1.165) is 18.6 Å². The van der Waals surface area contributed by atoms with Gasteiger partial charge in [-0.3, -0.25) is 0 Å². The molecule has 0 aliphatic rings. The van der Waals surface area contributed by atoms with Gasteiger partial charge in [-0.15, -0.1) is 0 Å². The third-order valence-corrected chi connectivity index (χ3v) is 2.89. The maximum absolute atomic E-state index is 5.76. The standard InChI is InChI=1S/C16H21N3O2/c1-3-5-12-6-8-13(9-7-12)21-16-10-14(17)18-15(19-16)11-20-4-2/h6-10H,3-5,11H2,1-2H3,(H2,17,18,19). The summed E-state index contributed by atoms with van der Waals surface area (Å²) in [5, 5.41) is 0. The summed E-state index contributed by atoms with van der Waals surface area (Å²) in [6.45, 7) is 5.01. The minimum atomic E-state index is 0.327. The van der Waals surface area contributed by atoms with Crippen LogP contribution in [0.2, 0.25) is 0 Å². The number of anilines is 1. The van der Waals surface area contributed by atoms with Crippen LogP contribution in [0.5, 0.6) is 11.6 Å². The zero-order valence-corrected chi connectivity index (χ0v) is 12.5. The monoisotopic (exact) mass is 287 g/mol. The van der Waals surface area contributed by atoms with Crippen molar-refractivity contribution in [3.63, 3.8) is 0 Å². The zero-order valence-electron chi connectivity index (χ0n) is 12.5. The fourth-order valence-electron chi connectivity index (χ4n) is 1.94. The lowest BCUT2D eigenvalue weighted by Gasteiger charge is -2.08. The molecule has 21 heavy (non-hydrogen) atoms. The number of aromatic nitrogens is 2. The maximum Gasteiger partial charge on any atom is 0.224 e. The lowest BCUT2D eigenvalue weighted by Crippen LogP contribution is -2.03. The van der Waals surface area contributed by atoms with Gasteiger partial charge in [0, 0.05) is 12.7 Å². The average Bonchev–Trinajstić information content (AvgIpc) is 2.47. The van der Waals surface area contributed by atoms with E-state index in [9.17, 15) is 0 Å². The second kappa shape index (κ2) is 7.59. The molecule has 0 aliphatic heterocycles. The van der Waals surface area contributed by atoms with Gasteiger partial charge in [0.15, 0.2) is 5.82 Å². The second-order valence-electron chi connectivity index (χ2n) is 4.68. The van der Waals surface area contributed by atoms with E-state index in [2.05, 4.69) is 29.0 Å². The van der Waals surface area contributed by atoms with E-state index in [4.69, 9.17) is 15.2 Å². The van der Waals surface area contributed by atoms with Crippen LogP contribution in [0.4, 0.5) is 5.82 Å². The molecule has 1 aromatic carbocycles. The molecule has 0 aliphatic carbocycles. The summed E-state index contributed by atoms with van der Waals surface area (Å²) in [6, 6.07) is 9.60. The molecule has 2 rings (SSSR count). The first-order chi connectivity index (χ1) is 10.2. The van der Waals surface area contributed by atoms with E-state index in [-0.39, 0.29) is 0 Å². The van der Waals surface area contributed by atoms with E-state index in [1.807, 2.05) is 19.1 Å². The summed E-state index contributed by atoms with van der Waals surface area (Å²) in [5.41, 5.74) is 7.06. The summed E-state index contributed by atoms with van der Waals surface area (Å²) in [7, 11) is 0. The molecule has 112 valence electrons. The molecule has 2 N–H and O–H groups in total. The molecule has 0 fully saturated rings. The third-order valence-electron chi connectivity index (χ3n) is 2.89. The first-order valence-electron chi connectivity index (χ1n) is 7.19. The molecule has 0 atom stereocenters. The van der Waals surface area contributed by atoms with E-state index in [0.29, 0.717) is 30.7 Å². The van der Waals surface area contributed by atoms with E-state index in [1.165, 1.54) is 5.56 Å². The molecule has 0 unspecified atom stereocenters. The van der Waals surface area contributed by atoms with Crippen molar-refractivity contribution < 1.29 is 9.47 Å². The van der Waals surface area contributed by atoms with Gasteiger partial charge in [0.2, 0.25) is 5.88 Å². The van der Waals surface area contributed by atoms with Crippen molar-refractivity contribution in [1.29, 1.82) is 0 Å². The van der Waals surface area contributed by atoms with Crippen molar-refractivity contribution in [2.45, 2.75) is 33.3 Å². The van der Waals surface area contributed by atoms with Crippen LogP contribution >= 0.6 is 0 Å². The molecule has 0 amide bonds. The molecule has 1 aromatic heterocycles. The van der Waals surface area contributed by atoms with Gasteiger partial charge >= 0.3 is 0 Å². The number of aryl methyl sites for hydroxylation is 1. The van der Waals surface area contributed by atoms with E-state index >= 15 is 0 Å². The molecular formula is C16H21N3O2. The zero-order chi connectivity index (χ0) is 15.1. The maximum atomic E-state index is 5.76. The van der Waals surface area contributed by atoms with Gasteiger partial charge < -0.3 is 15.2 Å². The highest BCUT2D eigenvalue weighted by molar-refractivity contribution is 5.36. The molecule has 5 nitrogen and oxygen atoms in total. The van der Waals surface area contributed by atoms with Gasteiger partial charge in [-0.2, -0.15) is 4.98 Å². The van der Waals surface area contributed by atoms with E-state index in [1.54, 1.807) is 6.07 Å².